The Kier molecular flexibility index (Phi) is 4.90. The van der Waals surface area contributed by atoms with Crippen LogP contribution in [0.4, 0.5) is 0 Å². The van der Waals surface area contributed by atoms with E-state index in [1.807, 2.05) is 61.7 Å². The van der Waals surface area contributed by atoms with Crippen molar-refractivity contribution >= 4 is 23.6 Å². The van der Waals surface area contributed by atoms with Gasteiger partial charge < -0.3 is 9.80 Å². The lowest BCUT2D eigenvalue weighted by atomic mass is 9.99. The van der Waals surface area contributed by atoms with E-state index >= 15 is 0 Å². The SMILES string of the molecule is Cc1ccccc1C(=O)N1CCC2(CC1)SCCN2C(=O)C(C)C. The van der Waals surface area contributed by atoms with E-state index in [2.05, 4.69) is 4.90 Å². The largest absolute Gasteiger partial charge is 0.338 e. The van der Waals surface area contributed by atoms with Crippen LogP contribution in [0, 0.1) is 12.8 Å². The second-order valence-electron chi connectivity index (χ2n) is 7.05. The number of hydrogen-bond acceptors (Lipinski definition) is 3. The van der Waals surface area contributed by atoms with Crippen molar-refractivity contribution in [3.63, 3.8) is 0 Å². The summed E-state index contributed by atoms with van der Waals surface area (Å²) in [5.41, 5.74) is 1.82. The summed E-state index contributed by atoms with van der Waals surface area (Å²) in [6, 6.07) is 7.76. The molecule has 0 bridgehead atoms. The maximum atomic E-state index is 12.8. The van der Waals surface area contributed by atoms with E-state index < -0.39 is 0 Å². The smallest absolute Gasteiger partial charge is 0.254 e. The molecule has 0 atom stereocenters. The van der Waals surface area contributed by atoms with E-state index in [4.69, 9.17) is 0 Å². The van der Waals surface area contributed by atoms with Crippen LogP contribution < -0.4 is 0 Å². The Hall–Kier alpha value is -1.49. The summed E-state index contributed by atoms with van der Waals surface area (Å²) < 4.78 is 0. The van der Waals surface area contributed by atoms with Gasteiger partial charge in [0.05, 0.1) is 4.87 Å². The van der Waals surface area contributed by atoms with Gasteiger partial charge in [0.1, 0.15) is 0 Å². The number of thioether (sulfide) groups is 1. The molecule has 0 radical (unpaired) electrons. The summed E-state index contributed by atoms with van der Waals surface area (Å²) in [6.45, 7) is 8.21. The molecular formula is C19H26N2O2S. The first-order valence-corrected chi connectivity index (χ1v) is 9.73. The number of likely N-dealkylation sites (tertiary alicyclic amines) is 1. The Morgan fingerprint density at radius 1 is 1.12 bits per heavy atom. The third-order valence-electron chi connectivity index (χ3n) is 5.14. The lowest BCUT2D eigenvalue weighted by molar-refractivity contribution is -0.137. The Balaban J connectivity index is 1.70. The summed E-state index contributed by atoms with van der Waals surface area (Å²) in [4.78, 5) is 29.3. The number of rotatable bonds is 2. The van der Waals surface area contributed by atoms with Crippen LogP contribution in [0.1, 0.15) is 42.6 Å². The van der Waals surface area contributed by atoms with Gasteiger partial charge in [0.15, 0.2) is 0 Å². The lowest BCUT2D eigenvalue weighted by Crippen LogP contribution is -2.54. The van der Waals surface area contributed by atoms with E-state index in [1.54, 1.807) is 0 Å². The van der Waals surface area contributed by atoms with E-state index in [9.17, 15) is 9.59 Å². The van der Waals surface area contributed by atoms with Gasteiger partial charge in [0, 0.05) is 36.9 Å². The zero-order chi connectivity index (χ0) is 17.3. The third-order valence-corrected chi connectivity index (χ3v) is 6.70. The minimum absolute atomic E-state index is 0.0344. The zero-order valence-electron chi connectivity index (χ0n) is 14.7. The molecule has 2 saturated heterocycles. The monoisotopic (exact) mass is 346 g/mol. The third kappa shape index (κ3) is 3.06. The van der Waals surface area contributed by atoms with Crippen molar-refractivity contribution in [3.8, 4) is 0 Å². The van der Waals surface area contributed by atoms with E-state index in [1.165, 1.54) is 0 Å². The predicted molar refractivity (Wildman–Crippen MR) is 98.1 cm³/mol. The molecule has 2 heterocycles. The number of benzene rings is 1. The van der Waals surface area contributed by atoms with Crippen molar-refractivity contribution in [2.24, 2.45) is 5.92 Å². The van der Waals surface area contributed by atoms with Crippen LogP contribution in [0.3, 0.4) is 0 Å². The Bertz CT molecular complexity index is 636. The average molecular weight is 346 g/mol. The highest BCUT2D eigenvalue weighted by atomic mass is 32.2. The quantitative estimate of drug-likeness (QED) is 0.826. The highest BCUT2D eigenvalue weighted by molar-refractivity contribution is 8.00. The standard InChI is InChI=1S/C19H26N2O2S/c1-14(2)17(22)21-12-13-24-19(21)8-10-20(11-9-19)18(23)16-7-5-4-6-15(16)3/h4-7,14H,8-13H2,1-3H3. The van der Waals surface area contributed by atoms with Gasteiger partial charge in [-0.3, -0.25) is 9.59 Å². The van der Waals surface area contributed by atoms with Gasteiger partial charge in [-0.05, 0) is 31.4 Å². The van der Waals surface area contributed by atoms with Crippen LogP contribution in [0.25, 0.3) is 0 Å². The second kappa shape index (κ2) is 6.79. The molecule has 24 heavy (non-hydrogen) atoms. The van der Waals surface area contributed by atoms with Crippen molar-refractivity contribution < 1.29 is 9.59 Å². The summed E-state index contributed by atoms with van der Waals surface area (Å²) >= 11 is 1.90. The van der Waals surface area contributed by atoms with Crippen LogP contribution in [-0.4, -0.2) is 51.9 Å². The molecule has 2 aliphatic heterocycles. The molecule has 5 heteroatoms. The average Bonchev–Trinajstić information content (AvgIpc) is 2.97. The molecule has 0 N–H and O–H groups in total. The fourth-order valence-corrected chi connectivity index (χ4v) is 5.15. The second-order valence-corrected chi connectivity index (χ2v) is 8.50. The molecule has 3 rings (SSSR count). The fraction of sp³-hybridized carbons (Fsp3) is 0.579. The molecule has 2 fully saturated rings. The van der Waals surface area contributed by atoms with Crippen molar-refractivity contribution in [2.45, 2.75) is 38.5 Å². The minimum Gasteiger partial charge on any atom is -0.338 e. The molecule has 4 nitrogen and oxygen atoms in total. The molecule has 1 spiro atoms. The Morgan fingerprint density at radius 3 is 2.42 bits per heavy atom. The van der Waals surface area contributed by atoms with Crippen molar-refractivity contribution in [1.29, 1.82) is 0 Å². The molecule has 0 unspecified atom stereocenters. The van der Waals surface area contributed by atoms with Crippen molar-refractivity contribution in [3.05, 3.63) is 35.4 Å². The number of aryl methyl sites for hydroxylation is 1. The first-order valence-electron chi connectivity index (χ1n) is 8.75. The lowest BCUT2D eigenvalue weighted by Gasteiger charge is -2.44. The topological polar surface area (TPSA) is 40.6 Å². The molecule has 0 aliphatic carbocycles. The number of amides is 2. The molecule has 0 aromatic heterocycles. The van der Waals surface area contributed by atoms with E-state index in [0.717, 1.165) is 49.4 Å². The first kappa shape index (κ1) is 17.3. The molecular weight excluding hydrogens is 320 g/mol. The maximum absolute atomic E-state index is 12.8. The fourth-order valence-electron chi connectivity index (χ4n) is 3.69. The molecule has 1 aromatic carbocycles. The molecule has 0 saturated carbocycles. The van der Waals surface area contributed by atoms with Gasteiger partial charge >= 0.3 is 0 Å². The molecule has 2 aliphatic rings. The number of carbonyl (C=O) groups is 2. The molecule has 1 aromatic rings. The maximum Gasteiger partial charge on any atom is 0.254 e. The summed E-state index contributed by atoms with van der Waals surface area (Å²) in [6.07, 6.45) is 1.74. The number of carbonyl (C=O) groups excluding carboxylic acids is 2. The van der Waals surface area contributed by atoms with Crippen LogP contribution in [0.5, 0.6) is 0 Å². The van der Waals surface area contributed by atoms with Crippen molar-refractivity contribution in [2.75, 3.05) is 25.4 Å². The van der Waals surface area contributed by atoms with Gasteiger partial charge in [-0.2, -0.15) is 0 Å². The summed E-state index contributed by atoms with van der Waals surface area (Å²) in [7, 11) is 0. The number of nitrogens with zero attached hydrogens (tertiary/aromatic N) is 2. The van der Waals surface area contributed by atoms with E-state index in [-0.39, 0.29) is 22.6 Å². The van der Waals surface area contributed by atoms with Gasteiger partial charge in [0.2, 0.25) is 5.91 Å². The highest BCUT2D eigenvalue weighted by Crippen LogP contribution is 2.44. The first-order chi connectivity index (χ1) is 11.4. The van der Waals surface area contributed by atoms with Crippen LogP contribution in [0.15, 0.2) is 24.3 Å². The highest BCUT2D eigenvalue weighted by Gasteiger charge is 2.47. The van der Waals surface area contributed by atoms with Gasteiger partial charge in [-0.15, -0.1) is 11.8 Å². The Labute approximate surface area is 148 Å². The predicted octanol–water partition coefficient (Wildman–Crippen LogP) is 3.16. The minimum atomic E-state index is -0.0934. The normalized spacial score (nSPS) is 20.0. The van der Waals surface area contributed by atoms with Gasteiger partial charge in [-0.25, -0.2) is 0 Å². The van der Waals surface area contributed by atoms with Crippen LogP contribution >= 0.6 is 11.8 Å². The van der Waals surface area contributed by atoms with Gasteiger partial charge in [-0.1, -0.05) is 32.0 Å². The van der Waals surface area contributed by atoms with Crippen LogP contribution in [0.2, 0.25) is 0 Å². The van der Waals surface area contributed by atoms with Gasteiger partial charge in [0.25, 0.3) is 5.91 Å². The van der Waals surface area contributed by atoms with Crippen LogP contribution in [-0.2, 0) is 4.79 Å². The van der Waals surface area contributed by atoms with Crippen molar-refractivity contribution in [1.82, 2.24) is 9.80 Å². The summed E-state index contributed by atoms with van der Waals surface area (Å²) in [5.74, 6) is 1.41. The molecule has 2 amide bonds. The Morgan fingerprint density at radius 2 is 1.79 bits per heavy atom. The number of piperidine rings is 1. The molecule has 130 valence electrons. The van der Waals surface area contributed by atoms with E-state index in [0.29, 0.717) is 0 Å². The summed E-state index contributed by atoms with van der Waals surface area (Å²) in [5, 5.41) is 0. The zero-order valence-corrected chi connectivity index (χ0v) is 15.6. The number of hydrogen-bond donors (Lipinski definition) is 0.